The molecule has 2 N–H and O–H groups in total. The number of amides is 1. The van der Waals surface area contributed by atoms with E-state index in [1.54, 1.807) is 11.3 Å². The molecule has 4 atom stereocenters. The van der Waals surface area contributed by atoms with E-state index >= 15 is 0 Å². The lowest BCUT2D eigenvalue weighted by molar-refractivity contribution is -0.136. The Morgan fingerprint density at radius 1 is 1.53 bits per heavy atom. The molecule has 1 aromatic rings. The van der Waals surface area contributed by atoms with Crippen molar-refractivity contribution in [1.29, 1.82) is 0 Å². The highest BCUT2D eigenvalue weighted by Gasteiger charge is 2.49. The fraction of sp³-hybridized carbons (Fsp3) is 0.643. The zero-order valence-corrected chi connectivity index (χ0v) is 13.4. The lowest BCUT2D eigenvalue weighted by atomic mass is 9.84. The topological polar surface area (TPSA) is 46.3 Å². The van der Waals surface area contributed by atoms with E-state index in [-0.39, 0.29) is 17.9 Å². The molecule has 3 rings (SSSR count). The van der Waals surface area contributed by atoms with Gasteiger partial charge in [-0.25, -0.2) is 0 Å². The molecule has 2 fully saturated rings. The number of thiophene rings is 1. The zero-order chi connectivity index (χ0) is 13.6. The summed E-state index contributed by atoms with van der Waals surface area (Å²) in [5.41, 5.74) is 7.43. The first kappa shape index (κ1) is 13.6. The second-order valence-corrected chi connectivity index (χ2v) is 8.18. The first-order valence-electron chi connectivity index (χ1n) is 6.79. The molecule has 5 heteroatoms. The number of hydrogen-bond donors (Lipinski definition) is 1. The highest BCUT2D eigenvalue weighted by atomic mass is 79.9. The Morgan fingerprint density at radius 3 is 2.84 bits per heavy atom. The predicted molar refractivity (Wildman–Crippen MR) is 80.8 cm³/mol. The number of halogens is 1. The summed E-state index contributed by atoms with van der Waals surface area (Å²) in [6, 6.07) is 2.16. The van der Waals surface area contributed by atoms with Crippen LogP contribution in [0.1, 0.15) is 24.8 Å². The fourth-order valence-electron chi connectivity index (χ4n) is 3.74. The van der Waals surface area contributed by atoms with E-state index in [0.717, 1.165) is 10.2 Å². The number of hydrogen-bond acceptors (Lipinski definition) is 3. The van der Waals surface area contributed by atoms with Gasteiger partial charge in [0.1, 0.15) is 0 Å². The molecule has 19 heavy (non-hydrogen) atoms. The van der Waals surface area contributed by atoms with Gasteiger partial charge in [-0.1, -0.05) is 0 Å². The highest BCUT2D eigenvalue weighted by Crippen LogP contribution is 2.48. The standard InChI is InChI=1S/C14H19BrN2OS/c1-17(6-8-4-11(15)19-7-8)14(18)12-9-2-3-10(5-9)13(12)16/h4,7,9-10,12-13H,2-3,5-6,16H2,1H3. The molecule has 104 valence electrons. The van der Waals surface area contributed by atoms with Crippen molar-refractivity contribution < 1.29 is 4.79 Å². The van der Waals surface area contributed by atoms with Crippen LogP contribution in [0.5, 0.6) is 0 Å². The molecule has 3 nitrogen and oxygen atoms in total. The van der Waals surface area contributed by atoms with Gasteiger partial charge < -0.3 is 10.6 Å². The molecule has 2 bridgehead atoms. The SMILES string of the molecule is CN(Cc1csc(Br)c1)C(=O)C1C2CCC(C2)C1N. The minimum Gasteiger partial charge on any atom is -0.341 e. The van der Waals surface area contributed by atoms with Crippen molar-refractivity contribution in [2.45, 2.75) is 31.8 Å². The van der Waals surface area contributed by atoms with E-state index in [2.05, 4.69) is 27.4 Å². The maximum absolute atomic E-state index is 12.6. The van der Waals surface area contributed by atoms with Gasteiger partial charge in [0.25, 0.3) is 0 Å². The molecule has 4 unspecified atom stereocenters. The smallest absolute Gasteiger partial charge is 0.227 e. The minimum absolute atomic E-state index is 0.0610. The zero-order valence-electron chi connectivity index (χ0n) is 11.0. The Labute approximate surface area is 126 Å². The van der Waals surface area contributed by atoms with Crippen LogP contribution >= 0.6 is 27.3 Å². The molecule has 1 heterocycles. The average Bonchev–Trinajstić information content (AvgIpc) is 3.05. The van der Waals surface area contributed by atoms with Gasteiger partial charge in [0.15, 0.2) is 0 Å². The average molecular weight is 343 g/mol. The molecule has 2 saturated carbocycles. The number of carbonyl (C=O) groups excluding carboxylic acids is 1. The van der Waals surface area contributed by atoms with Crippen LogP contribution in [0.3, 0.4) is 0 Å². The lowest BCUT2D eigenvalue weighted by Crippen LogP contribution is -2.45. The Morgan fingerprint density at radius 2 is 2.26 bits per heavy atom. The first-order valence-corrected chi connectivity index (χ1v) is 8.47. The van der Waals surface area contributed by atoms with Crippen molar-refractivity contribution >= 4 is 33.2 Å². The van der Waals surface area contributed by atoms with E-state index < -0.39 is 0 Å². The maximum atomic E-state index is 12.6. The Balaban J connectivity index is 1.67. The third kappa shape index (κ3) is 2.48. The molecule has 0 saturated heterocycles. The Hall–Kier alpha value is -0.390. The van der Waals surface area contributed by atoms with Crippen molar-refractivity contribution in [2.75, 3.05) is 7.05 Å². The fourth-order valence-corrected chi connectivity index (χ4v) is 4.94. The molecule has 0 aromatic carbocycles. The van der Waals surface area contributed by atoms with Gasteiger partial charge in [-0.15, -0.1) is 11.3 Å². The first-order chi connectivity index (χ1) is 9.06. The Bertz CT molecular complexity index is 488. The molecule has 0 radical (unpaired) electrons. The summed E-state index contributed by atoms with van der Waals surface area (Å²) < 4.78 is 1.11. The van der Waals surface area contributed by atoms with Gasteiger partial charge in [-0.3, -0.25) is 4.79 Å². The van der Waals surface area contributed by atoms with Crippen LogP contribution in [0.25, 0.3) is 0 Å². The van der Waals surface area contributed by atoms with Gasteiger partial charge in [-0.05, 0) is 64.0 Å². The van der Waals surface area contributed by atoms with Crippen molar-refractivity contribution in [3.63, 3.8) is 0 Å². The normalized spacial score (nSPS) is 32.8. The summed E-state index contributed by atoms with van der Waals surface area (Å²) >= 11 is 5.11. The van der Waals surface area contributed by atoms with Gasteiger partial charge in [0.2, 0.25) is 5.91 Å². The lowest BCUT2D eigenvalue weighted by Gasteiger charge is -2.30. The largest absolute Gasteiger partial charge is 0.341 e. The van der Waals surface area contributed by atoms with E-state index in [4.69, 9.17) is 5.73 Å². The molecule has 1 amide bonds. The van der Waals surface area contributed by atoms with Crippen molar-refractivity contribution in [1.82, 2.24) is 4.90 Å². The molecule has 0 spiro atoms. The molecular weight excluding hydrogens is 324 g/mol. The summed E-state index contributed by atoms with van der Waals surface area (Å²) in [7, 11) is 1.90. The van der Waals surface area contributed by atoms with E-state index in [1.807, 2.05) is 11.9 Å². The van der Waals surface area contributed by atoms with E-state index in [9.17, 15) is 4.79 Å². The minimum atomic E-state index is 0.0610. The monoisotopic (exact) mass is 342 g/mol. The van der Waals surface area contributed by atoms with Crippen LogP contribution in [0.2, 0.25) is 0 Å². The maximum Gasteiger partial charge on any atom is 0.227 e. The second-order valence-electron chi connectivity index (χ2n) is 5.89. The van der Waals surface area contributed by atoms with Crippen molar-refractivity contribution in [2.24, 2.45) is 23.5 Å². The Kier molecular flexibility index (Phi) is 3.71. The summed E-state index contributed by atoms with van der Waals surface area (Å²) in [5, 5.41) is 2.09. The van der Waals surface area contributed by atoms with Crippen LogP contribution in [0.15, 0.2) is 15.2 Å². The summed E-state index contributed by atoms with van der Waals surface area (Å²) in [4.78, 5) is 14.4. The molecule has 0 aliphatic heterocycles. The number of fused-ring (bicyclic) bond motifs is 2. The summed E-state index contributed by atoms with van der Waals surface area (Å²) in [6.45, 7) is 0.682. The van der Waals surface area contributed by atoms with Crippen molar-refractivity contribution in [3.8, 4) is 0 Å². The number of nitrogens with zero attached hydrogens (tertiary/aromatic N) is 1. The summed E-state index contributed by atoms with van der Waals surface area (Å²) in [5.74, 6) is 1.42. The van der Waals surface area contributed by atoms with Crippen LogP contribution in [0.4, 0.5) is 0 Å². The number of carbonyl (C=O) groups is 1. The second kappa shape index (κ2) is 5.19. The third-order valence-corrected chi connectivity index (χ3v) is 6.24. The van der Waals surface area contributed by atoms with Crippen molar-refractivity contribution in [3.05, 3.63) is 20.8 Å². The molecule has 2 aliphatic carbocycles. The number of rotatable bonds is 3. The third-order valence-electron chi connectivity index (χ3n) is 4.68. The number of nitrogens with two attached hydrogens (primary N) is 1. The van der Waals surface area contributed by atoms with Crippen LogP contribution < -0.4 is 5.73 Å². The van der Waals surface area contributed by atoms with E-state index in [1.165, 1.54) is 18.4 Å². The quantitative estimate of drug-likeness (QED) is 0.917. The van der Waals surface area contributed by atoms with Gasteiger partial charge in [0.05, 0.1) is 9.70 Å². The predicted octanol–water partition coefficient (Wildman–Crippen LogP) is 2.84. The van der Waals surface area contributed by atoms with Crippen LogP contribution in [0, 0.1) is 17.8 Å². The highest BCUT2D eigenvalue weighted by molar-refractivity contribution is 9.11. The molecule has 1 aromatic heterocycles. The molecular formula is C14H19BrN2OS. The van der Waals surface area contributed by atoms with Gasteiger partial charge in [-0.2, -0.15) is 0 Å². The van der Waals surface area contributed by atoms with E-state index in [0.29, 0.717) is 18.4 Å². The van der Waals surface area contributed by atoms with Gasteiger partial charge in [0, 0.05) is 19.6 Å². The van der Waals surface area contributed by atoms with Gasteiger partial charge >= 0.3 is 0 Å². The molecule has 2 aliphatic rings. The van der Waals surface area contributed by atoms with Crippen LogP contribution in [-0.2, 0) is 11.3 Å². The summed E-state index contributed by atoms with van der Waals surface area (Å²) in [6.07, 6.45) is 3.57. The van der Waals surface area contributed by atoms with Crippen LogP contribution in [-0.4, -0.2) is 23.9 Å².